The fraction of sp³-hybridized carbons (Fsp3) is 0.143. The molecule has 94 valence electrons. The zero-order valence-electron chi connectivity index (χ0n) is 9.61. The lowest BCUT2D eigenvalue weighted by molar-refractivity contribution is 0.276. The molecule has 18 heavy (non-hydrogen) atoms. The third kappa shape index (κ3) is 3.25. The molecule has 1 unspecified atom stereocenters. The van der Waals surface area contributed by atoms with Crippen LogP contribution in [-0.2, 0) is 0 Å². The summed E-state index contributed by atoms with van der Waals surface area (Å²) in [5.74, 6) is 0. The van der Waals surface area contributed by atoms with Gasteiger partial charge in [-0.05, 0) is 39.7 Å². The summed E-state index contributed by atoms with van der Waals surface area (Å²) < 4.78 is 0.832. The van der Waals surface area contributed by atoms with E-state index < -0.39 is 0 Å². The van der Waals surface area contributed by atoms with E-state index in [4.69, 9.17) is 11.6 Å². The van der Waals surface area contributed by atoms with Gasteiger partial charge in [0.15, 0.2) is 0 Å². The fourth-order valence-electron chi connectivity index (χ4n) is 1.71. The molecule has 2 aromatic carbocycles. The zero-order valence-corrected chi connectivity index (χ0v) is 11.9. The number of hydrogen-bond donors (Lipinski definition) is 2. The van der Waals surface area contributed by atoms with Gasteiger partial charge in [-0.15, -0.1) is 0 Å². The smallest absolute Gasteiger partial charge is 0.0745 e. The van der Waals surface area contributed by atoms with Crippen molar-refractivity contribution >= 4 is 33.2 Å². The number of aliphatic hydroxyl groups is 1. The van der Waals surface area contributed by atoms with Crippen molar-refractivity contribution in [3.8, 4) is 0 Å². The molecule has 0 aliphatic rings. The first kappa shape index (κ1) is 13.4. The predicted octanol–water partition coefficient (Wildman–Crippen LogP) is 4.25. The zero-order chi connectivity index (χ0) is 13.0. The summed E-state index contributed by atoms with van der Waals surface area (Å²) in [5, 5.41) is 13.4. The van der Waals surface area contributed by atoms with Crippen LogP contribution in [0.25, 0.3) is 0 Å². The highest BCUT2D eigenvalue weighted by Crippen LogP contribution is 2.27. The second-order valence-corrected chi connectivity index (χ2v) is 5.18. The van der Waals surface area contributed by atoms with E-state index >= 15 is 0 Å². The summed E-state index contributed by atoms with van der Waals surface area (Å²) in [5.41, 5.74) is 1.96. The molecule has 0 aromatic heterocycles. The first-order valence-corrected chi connectivity index (χ1v) is 6.75. The predicted molar refractivity (Wildman–Crippen MR) is 79.0 cm³/mol. The Labute approximate surface area is 120 Å². The maximum absolute atomic E-state index is 9.46. The lowest BCUT2D eigenvalue weighted by Gasteiger charge is -2.18. The molecule has 0 bridgehead atoms. The lowest BCUT2D eigenvalue weighted by Crippen LogP contribution is -2.14. The Morgan fingerprint density at radius 3 is 2.50 bits per heavy atom. The largest absolute Gasteiger partial charge is 0.394 e. The molecule has 0 aliphatic heterocycles. The fourth-order valence-corrected chi connectivity index (χ4v) is 2.20. The number of nitrogens with one attached hydrogen (secondary N) is 1. The van der Waals surface area contributed by atoms with Gasteiger partial charge in [-0.1, -0.05) is 41.9 Å². The Morgan fingerprint density at radius 2 is 1.89 bits per heavy atom. The molecule has 0 radical (unpaired) electrons. The number of benzene rings is 2. The highest BCUT2D eigenvalue weighted by atomic mass is 79.9. The quantitative estimate of drug-likeness (QED) is 0.880. The topological polar surface area (TPSA) is 32.3 Å². The number of rotatable bonds is 4. The van der Waals surface area contributed by atoms with Crippen LogP contribution in [0, 0.1) is 0 Å². The summed E-state index contributed by atoms with van der Waals surface area (Å²) in [6.45, 7) is 0.0320. The lowest BCUT2D eigenvalue weighted by atomic mass is 10.1. The molecule has 2 nitrogen and oxygen atoms in total. The van der Waals surface area contributed by atoms with Crippen molar-refractivity contribution in [3.05, 3.63) is 63.6 Å². The SMILES string of the molecule is OCC(Nc1ccc(Cl)c(Br)c1)c1ccccc1. The van der Waals surface area contributed by atoms with Gasteiger partial charge in [0.1, 0.15) is 0 Å². The Morgan fingerprint density at radius 1 is 1.17 bits per heavy atom. The average Bonchev–Trinajstić information content (AvgIpc) is 2.41. The summed E-state index contributed by atoms with van der Waals surface area (Å²) in [6, 6.07) is 15.3. The van der Waals surface area contributed by atoms with E-state index in [2.05, 4.69) is 21.2 Å². The Hall–Kier alpha value is -1.03. The van der Waals surface area contributed by atoms with Crippen molar-refractivity contribution in [2.45, 2.75) is 6.04 Å². The van der Waals surface area contributed by atoms with Crippen LogP contribution < -0.4 is 5.32 Å². The average molecular weight is 327 g/mol. The molecular weight excluding hydrogens is 314 g/mol. The summed E-state index contributed by atoms with van der Waals surface area (Å²) in [7, 11) is 0. The molecule has 0 saturated heterocycles. The minimum Gasteiger partial charge on any atom is -0.394 e. The molecule has 0 fully saturated rings. The normalized spacial score (nSPS) is 12.2. The highest BCUT2D eigenvalue weighted by molar-refractivity contribution is 9.10. The van der Waals surface area contributed by atoms with E-state index in [1.165, 1.54) is 0 Å². The van der Waals surface area contributed by atoms with E-state index in [9.17, 15) is 5.11 Å². The minimum absolute atomic E-state index is 0.0320. The van der Waals surface area contributed by atoms with Gasteiger partial charge in [-0.3, -0.25) is 0 Å². The molecule has 0 heterocycles. The van der Waals surface area contributed by atoms with Crippen LogP contribution in [0.5, 0.6) is 0 Å². The van der Waals surface area contributed by atoms with Crippen LogP contribution in [-0.4, -0.2) is 11.7 Å². The van der Waals surface area contributed by atoms with Gasteiger partial charge < -0.3 is 10.4 Å². The Bertz CT molecular complexity index is 518. The van der Waals surface area contributed by atoms with Crippen LogP contribution >= 0.6 is 27.5 Å². The first-order valence-electron chi connectivity index (χ1n) is 5.58. The molecule has 2 N–H and O–H groups in total. The van der Waals surface area contributed by atoms with E-state index in [1.807, 2.05) is 48.5 Å². The van der Waals surface area contributed by atoms with Crippen molar-refractivity contribution in [3.63, 3.8) is 0 Å². The van der Waals surface area contributed by atoms with Crippen LogP contribution in [0.1, 0.15) is 11.6 Å². The number of anilines is 1. The molecule has 0 spiro atoms. The van der Waals surface area contributed by atoms with Crippen molar-refractivity contribution in [1.29, 1.82) is 0 Å². The van der Waals surface area contributed by atoms with Gasteiger partial charge in [-0.2, -0.15) is 0 Å². The van der Waals surface area contributed by atoms with E-state index in [-0.39, 0.29) is 12.6 Å². The second-order valence-electron chi connectivity index (χ2n) is 3.92. The summed E-state index contributed by atoms with van der Waals surface area (Å²) in [4.78, 5) is 0. The molecule has 2 aromatic rings. The van der Waals surface area contributed by atoms with Crippen LogP contribution in [0.3, 0.4) is 0 Å². The minimum atomic E-state index is -0.126. The molecule has 2 rings (SSSR count). The molecule has 0 saturated carbocycles. The monoisotopic (exact) mass is 325 g/mol. The highest BCUT2D eigenvalue weighted by Gasteiger charge is 2.10. The van der Waals surface area contributed by atoms with Crippen LogP contribution in [0.15, 0.2) is 53.0 Å². The Balaban J connectivity index is 2.18. The number of halogens is 2. The maximum Gasteiger partial charge on any atom is 0.0745 e. The number of aliphatic hydroxyl groups excluding tert-OH is 1. The van der Waals surface area contributed by atoms with E-state index in [1.54, 1.807) is 0 Å². The van der Waals surface area contributed by atoms with Gasteiger partial charge in [0.25, 0.3) is 0 Å². The molecule has 0 amide bonds. The summed E-state index contributed by atoms with van der Waals surface area (Å²) in [6.07, 6.45) is 0. The third-order valence-corrected chi connectivity index (χ3v) is 3.86. The van der Waals surface area contributed by atoms with Crippen LogP contribution in [0.4, 0.5) is 5.69 Å². The van der Waals surface area contributed by atoms with Crippen molar-refractivity contribution in [2.75, 3.05) is 11.9 Å². The first-order chi connectivity index (χ1) is 8.70. The summed E-state index contributed by atoms with van der Waals surface area (Å²) >= 11 is 9.32. The van der Waals surface area contributed by atoms with Crippen molar-refractivity contribution in [1.82, 2.24) is 0 Å². The third-order valence-electron chi connectivity index (χ3n) is 2.65. The molecule has 1 atom stereocenters. The number of hydrogen-bond acceptors (Lipinski definition) is 2. The van der Waals surface area contributed by atoms with Gasteiger partial charge in [0.2, 0.25) is 0 Å². The standard InChI is InChI=1S/C14H13BrClNO/c15-12-8-11(6-7-13(12)16)17-14(9-18)10-4-2-1-3-5-10/h1-8,14,17-18H,9H2. The van der Waals surface area contributed by atoms with E-state index in [0.29, 0.717) is 5.02 Å². The van der Waals surface area contributed by atoms with E-state index in [0.717, 1.165) is 15.7 Å². The van der Waals surface area contributed by atoms with Gasteiger partial charge in [0.05, 0.1) is 17.7 Å². The van der Waals surface area contributed by atoms with Crippen LogP contribution in [0.2, 0.25) is 5.02 Å². The van der Waals surface area contributed by atoms with Crippen molar-refractivity contribution in [2.24, 2.45) is 0 Å². The molecular formula is C14H13BrClNO. The Kier molecular flexibility index (Phi) is 4.64. The molecule has 4 heteroatoms. The second kappa shape index (κ2) is 6.23. The van der Waals surface area contributed by atoms with Crippen molar-refractivity contribution < 1.29 is 5.11 Å². The molecule has 0 aliphatic carbocycles. The van der Waals surface area contributed by atoms with Gasteiger partial charge in [-0.25, -0.2) is 0 Å². The van der Waals surface area contributed by atoms with Gasteiger partial charge >= 0.3 is 0 Å². The maximum atomic E-state index is 9.46. The van der Waals surface area contributed by atoms with Gasteiger partial charge in [0, 0.05) is 10.2 Å².